The van der Waals surface area contributed by atoms with E-state index < -0.39 is 11.9 Å². The maximum absolute atomic E-state index is 15.2. The number of nitrogens with zero attached hydrogens (tertiary/aromatic N) is 6. The van der Waals surface area contributed by atoms with Crippen molar-refractivity contribution < 1.29 is 28.6 Å². The fraction of sp³-hybridized carbons (Fsp3) is 0.442. The van der Waals surface area contributed by atoms with Crippen molar-refractivity contribution in [3.05, 3.63) is 102 Å². The molecule has 0 unspecified atom stereocenters. The van der Waals surface area contributed by atoms with Gasteiger partial charge in [0.2, 0.25) is 0 Å². The highest BCUT2D eigenvalue weighted by Crippen LogP contribution is 2.42. The van der Waals surface area contributed by atoms with Crippen LogP contribution in [0.25, 0.3) is 33.5 Å². The summed E-state index contributed by atoms with van der Waals surface area (Å²) in [7, 11) is 1.57. The van der Waals surface area contributed by atoms with Gasteiger partial charge in [0, 0.05) is 85.2 Å². The first-order chi connectivity index (χ1) is 32.3. The van der Waals surface area contributed by atoms with Crippen LogP contribution in [0.3, 0.4) is 0 Å². The Labute approximate surface area is 391 Å². The lowest BCUT2D eigenvalue weighted by molar-refractivity contribution is 0.0305. The van der Waals surface area contributed by atoms with Gasteiger partial charge in [-0.1, -0.05) is 44.7 Å². The quantitative estimate of drug-likeness (QED) is 0.103. The number of piperidine rings is 2. The lowest BCUT2D eigenvalue weighted by Gasteiger charge is -2.47. The molecule has 2 aromatic heterocycles. The minimum atomic E-state index is -0.582. The van der Waals surface area contributed by atoms with Gasteiger partial charge in [0.05, 0.1) is 24.6 Å². The summed E-state index contributed by atoms with van der Waals surface area (Å²) in [6.45, 7) is 15.6. The molecule has 15 heteroatoms. The Morgan fingerprint density at radius 1 is 0.970 bits per heavy atom. The summed E-state index contributed by atoms with van der Waals surface area (Å²) in [5.74, 6) is 0.459. The van der Waals surface area contributed by atoms with Gasteiger partial charge in [-0.3, -0.25) is 9.69 Å². The number of anilines is 2. The molecule has 9 rings (SSSR count). The number of benzene rings is 3. The van der Waals surface area contributed by atoms with Gasteiger partial charge in [-0.15, -0.1) is 0 Å². The number of ether oxygens (including phenoxy) is 1. The summed E-state index contributed by atoms with van der Waals surface area (Å²) in [5, 5.41) is 17.0. The first-order valence-electron chi connectivity index (χ1n) is 23.7. The van der Waals surface area contributed by atoms with Gasteiger partial charge in [-0.2, -0.15) is 0 Å². The first-order valence-corrected chi connectivity index (χ1v) is 23.7. The molecule has 1 spiro atoms. The number of urea groups is 2. The van der Waals surface area contributed by atoms with Gasteiger partial charge in [0.25, 0.3) is 5.91 Å². The summed E-state index contributed by atoms with van der Waals surface area (Å²) < 4.78 is 20.8. The summed E-state index contributed by atoms with van der Waals surface area (Å²) in [6, 6.07) is 18.0. The van der Waals surface area contributed by atoms with Crippen LogP contribution >= 0.6 is 0 Å². The lowest BCUT2D eigenvalue weighted by Crippen LogP contribution is -2.48. The zero-order valence-electron chi connectivity index (χ0n) is 39.0. The predicted molar refractivity (Wildman–Crippen MR) is 259 cm³/mol. The van der Waals surface area contributed by atoms with Crippen LogP contribution in [0, 0.1) is 30.0 Å². The fourth-order valence-corrected chi connectivity index (χ4v) is 10.6. The number of β-amino-alcohol motifs (C(OH)–C–C–N with tert-alkyl or cyclic N) is 1. The third-order valence-corrected chi connectivity index (χ3v) is 14.7. The monoisotopic (exact) mass is 911 g/mol. The molecule has 4 N–H and O–H groups in total. The van der Waals surface area contributed by atoms with Crippen LogP contribution in [0.2, 0.25) is 0 Å². The fourth-order valence-electron chi connectivity index (χ4n) is 10.6. The number of hydrogen-bond acceptors (Lipinski definition) is 8. The van der Waals surface area contributed by atoms with Gasteiger partial charge in [-0.05, 0) is 123 Å². The highest BCUT2D eigenvalue weighted by Gasteiger charge is 2.39. The van der Waals surface area contributed by atoms with Crippen molar-refractivity contribution in [2.24, 2.45) is 17.3 Å². The Hall–Kier alpha value is -6.32. The number of aromatic nitrogens is 3. The molecule has 0 radical (unpaired) electrons. The third kappa shape index (κ3) is 9.75. The smallest absolute Gasteiger partial charge is 0.326 e. The van der Waals surface area contributed by atoms with Crippen molar-refractivity contribution >= 4 is 40.4 Å². The van der Waals surface area contributed by atoms with E-state index in [4.69, 9.17) is 4.74 Å². The number of rotatable bonds is 11. The second-order valence-corrected chi connectivity index (χ2v) is 19.5. The molecule has 4 aliphatic heterocycles. The molecular formula is C52H62FN9O5. The first kappa shape index (κ1) is 45.8. The Morgan fingerprint density at radius 3 is 2.43 bits per heavy atom. The molecule has 2 atom stereocenters. The van der Waals surface area contributed by atoms with Crippen LogP contribution in [0.1, 0.15) is 73.9 Å². The number of carbonyl (C=O) groups is 3. The molecule has 5 aromatic rings. The largest absolute Gasteiger partial charge is 0.495 e. The lowest BCUT2D eigenvalue weighted by atomic mass is 9.71. The number of H-pyrrole nitrogens is 1. The van der Waals surface area contributed by atoms with Crippen molar-refractivity contribution in [1.82, 2.24) is 35.0 Å². The standard InChI is InChI=1S/C52H62FN9O5/c1-32(2)24-38-29-61(30-45(38)63)50(65)58-42-27-39(53)26-40(34(42)4)47-41-28-43(57-48(41)55-31-54-47)36-8-6-35(7-9-36)13-18-59-20-14-52(15-21-59)16-22-60(23-17-52)49(64)37-10-11-46(67-5)44(25-37)62-19-12-33(3)56-51(62)66/h6-11,25-28,31-32,38,45,63H,3,12-24,29-30H2,1-2,4-5H3,(H,56,66)(H,58,65)(H,54,55,57)/t38-,45-/m0/s1. The highest BCUT2D eigenvalue weighted by atomic mass is 19.1. The number of aromatic amines is 1. The molecule has 3 aromatic carbocycles. The second-order valence-electron chi connectivity index (χ2n) is 19.5. The molecule has 352 valence electrons. The molecule has 0 bridgehead atoms. The number of fused-ring (bicyclic) bond motifs is 1. The zero-order chi connectivity index (χ0) is 47.0. The van der Waals surface area contributed by atoms with Crippen LogP contribution in [-0.4, -0.2) is 118 Å². The van der Waals surface area contributed by atoms with Crippen LogP contribution in [0.5, 0.6) is 5.75 Å². The SMILES string of the molecule is C=C1CCN(c2cc(C(=O)N3CCC4(CCN(CCc5ccc(-c6cc7c(-c8cc(F)cc(NC(=O)N9C[C@H](CC(C)C)[C@@H](O)C9)c8C)ncnc7[nH]6)cc5)CC4)CC3)ccc2OC)C(=O)N1. The minimum Gasteiger partial charge on any atom is -0.495 e. The topological polar surface area (TPSA) is 159 Å². The van der Waals surface area contributed by atoms with E-state index in [1.54, 1.807) is 35.1 Å². The summed E-state index contributed by atoms with van der Waals surface area (Å²) in [6.07, 6.45) is 7.48. The Morgan fingerprint density at radius 2 is 1.72 bits per heavy atom. The van der Waals surface area contributed by atoms with E-state index in [0.29, 0.717) is 76.3 Å². The highest BCUT2D eigenvalue weighted by molar-refractivity contribution is 6.00. The van der Waals surface area contributed by atoms with E-state index in [-0.39, 0.29) is 35.8 Å². The number of halogens is 1. The number of likely N-dealkylation sites (tertiary alicyclic amines) is 3. The number of carbonyl (C=O) groups excluding carboxylic acids is 3. The van der Waals surface area contributed by atoms with Crippen molar-refractivity contribution in [3.8, 4) is 28.3 Å². The van der Waals surface area contributed by atoms with E-state index in [1.165, 1.54) is 24.0 Å². The molecule has 67 heavy (non-hydrogen) atoms. The molecule has 0 saturated carbocycles. The maximum atomic E-state index is 15.2. The van der Waals surface area contributed by atoms with Crippen molar-refractivity contribution in [1.29, 1.82) is 0 Å². The average Bonchev–Trinajstić information content (AvgIpc) is 3.93. The van der Waals surface area contributed by atoms with Crippen LogP contribution < -0.4 is 20.3 Å². The van der Waals surface area contributed by atoms with Gasteiger partial charge in [0.15, 0.2) is 0 Å². The summed E-state index contributed by atoms with van der Waals surface area (Å²) >= 11 is 0. The number of aliphatic hydroxyl groups is 1. The average molecular weight is 912 g/mol. The van der Waals surface area contributed by atoms with E-state index in [1.807, 2.05) is 17.9 Å². The minimum absolute atomic E-state index is 0.0131. The Kier molecular flexibility index (Phi) is 13.1. The van der Waals surface area contributed by atoms with Crippen LogP contribution in [0.15, 0.2) is 79.3 Å². The molecule has 5 amide bonds. The van der Waals surface area contributed by atoms with Crippen LogP contribution in [0.4, 0.5) is 25.4 Å². The van der Waals surface area contributed by atoms with Gasteiger partial charge in [-0.25, -0.2) is 23.9 Å². The van der Waals surface area contributed by atoms with Crippen molar-refractivity contribution in [2.75, 3.05) is 69.7 Å². The van der Waals surface area contributed by atoms with Crippen molar-refractivity contribution in [2.45, 2.75) is 71.8 Å². The third-order valence-electron chi connectivity index (χ3n) is 14.7. The molecule has 14 nitrogen and oxygen atoms in total. The van der Waals surface area contributed by atoms with Crippen molar-refractivity contribution in [3.63, 3.8) is 0 Å². The predicted octanol–water partition coefficient (Wildman–Crippen LogP) is 8.61. The molecular weight excluding hydrogens is 850 g/mol. The molecule has 4 fully saturated rings. The molecule has 4 saturated heterocycles. The second kappa shape index (κ2) is 19.1. The number of methoxy groups -OCH3 is 1. The Bertz CT molecular complexity index is 2670. The number of nitrogens with one attached hydrogen (secondary N) is 3. The number of amides is 5. The zero-order valence-corrected chi connectivity index (χ0v) is 39.0. The normalized spacial score (nSPS) is 20.0. The van der Waals surface area contributed by atoms with Gasteiger partial charge < -0.3 is 40.2 Å². The summed E-state index contributed by atoms with van der Waals surface area (Å²) in [4.78, 5) is 60.1. The summed E-state index contributed by atoms with van der Waals surface area (Å²) in [5.41, 5.74) is 7.99. The molecule has 0 aliphatic carbocycles. The van der Waals surface area contributed by atoms with E-state index in [9.17, 15) is 19.5 Å². The van der Waals surface area contributed by atoms with Crippen LogP contribution in [-0.2, 0) is 6.42 Å². The molecule has 4 aliphatic rings. The van der Waals surface area contributed by atoms with Gasteiger partial charge in [0.1, 0.15) is 23.5 Å². The Balaban J connectivity index is 0.782. The van der Waals surface area contributed by atoms with E-state index in [0.717, 1.165) is 87.9 Å². The van der Waals surface area contributed by atoms with E-state index in [2.05, 4.69) is 75.2 Å². The maximum Gasteiger partial charge on any atom is 0.326 e. The number of aliphatic hydroxyl groups excluding tert-OH is 1. The molecule has 6 heterocycles. The van der Waals surface area contributed by atoms with Gasteiger partial charge >= 0.3 is 12.1 Å². The van der Waals surface area contributed by atoms with E-state index >= 15 is 4.39 Å². The number of hydrogen-bond donors (Lipinski definition) is 4.